The highest BCUT2D eigenvalue weighted by Crippen LogP contribution is 2.23. The molecule has 5 heterocycles. The number of hydrogen-bond donors (Lipinski definition) is 6. The summed E-state index contributed by atoms with van der Waals surface area (Å²) in [5, 5.41) is 22.4. The van der Waals surface area contributed by atoms with Gasteiger partial charge in [-0.05, 0) is 105 Å². The summed E-state index contributed by atoms with van der Waals surface area (Å²) in [6.45, 7) is 16.3. The second-order valence-corrected chi connectivity index (χ2v) is 11.2. The Balaban J connectivity index is 1.89. The van der Waals surface area contributed by atoms with Crippen molar-refractivity contribution in [2.75, 3.05) is 0 Å². The fourth-order valence-corrected chi connectivity index (χ4v) is 6.11. The van der Waals surface area contributed by atoms with Crippen molar-refractivity contribution in [2.24, 2.45) is 0 Å². The zero-order valence-corrected chi connectivity index (χ0v) is 25.1. The van der Waals surface area contributed by atoms with Crippen LogP contribution < -0.4 is 21.4 Å². The Morgan fingerprint density at radius 3 is 1.84 bits per heavy atom. The van der Waals surface area contributed by atoms with Crippen LogP contribution in [0.4, 0.5) is 0 Å². The van der Waals surface area contributed by atoms with Crippen molar-refractivity contribution < 1.29 is 19.8 Å². The zero-order chi connectivity index (χ0) is 31.0. The number of aliphatic carboxylic acids is 2. The van der Waals surface area contributed by atoms with Gasteiger partial charge in [0.2, 0.25) is 0 Å². The van der Waals surface area contributed by atoms with Crippen molar-refractivity contribution in [2.45, 2.75) is 59.8 Å². The first-order valence-corrected chi connectivity index (χ1v) is 14.5. The van der Waals surface area contributed by atoms with Crippen LogP contribution in [0, 0.1) is 27.7 Å². The largest absolute Gasteiger partial charge is 0.481 e. The van der Waals surface area contributed by atoms with E-state index >= 15 is 0 Å². The fraction of sp³-hybridized carbons (Fsp3) is 0.257. The highest BCUT2D eigenvalue weighted by Gasteiger charge is 2.17. The van der Waals surface area contributed by atoms with Gasteiger partial charge in [0.25, 0.3) is 0 Å². The number of H-pyrrole nitrogens is 4. The van der Waals surface area contributed by atoms with Crippen LogP contribution in [0.3, 0.4) is 0 Å². The van der Waals surface area contributed by atoms with Gasteiger partial charge in [-0.3, -0.25) is 9.59 Å². The van der Waals surface area contributed by atoms with Gasteiger partial charge in [-0.2, -0.15) is 0 Å². The maximum atomic E-state index is 11.6. The minimum Gasteiger partial charge on any atom is -0.481 e. The lowest BCUT2D eigenvalue weighted by molar-refractivity contribution is -0.138. The standard InChI is InChI=1S/C35H38N4O4/c1-7-22-18(3)26-14-27-21(6)25(12-13-35(42)43)33(38-27)17-32-24(10-9-11-34(40)41)20(5)29(39-32)16-31-23(8-2)19(4)28(37-31)15-30(22)36-26/h7-8,14-17,36-39H,1-2,9-13H2,3-6H3,(H,40,41)(H,42,43). The third-order valence-electron chi connectivity index (χ3n) is 8.61. The van der Waals surface area contributed by atoms with E-state index in [-0.39, 0.29) is 12.8 Å². The third kappa shape index (κ3) is 5.60. The normalized spacial score (nSPS) is 12.1. The molecular weight excluding hydrogens is 540 g/mol. The van der Waals surface area contributed by atoms with Crippen LogP contribution in [0.1, 0.15) is 86.5 Å². The zero-order valence-electron chi connectivity index (χ0n) is 25.1. The molecule has 0 aromatic carbocycles. The van der Waals surface area contributed by atoms with E-state index in [1.165, 1.54) is 0 Å². The number of carboxylic acids is 2. The van der Waals surface area contributed by atoms with Crippen molar-refractivity contribution in [3.63, 3.8) is 0 Å². The molecule has 0 saturated heterocycles. The summed E-state index contributed by atoms with van der Waals surface area (Å²) in [6, 6.07) is 0. The van der Waals surface area contributed by atoms with Crippen LogP contribution in [0.5, 0.6) is 0 Å². The summed E-state index contributed by atoms with van der Waals surface area (Å²) in [4.78, 5) is 37.2. The molecular formula is C35H38N4O4. The summed E-state index contributed by atoms with van der Waals surface area (Å²) in [5.41, 5.74) is 11.7. The minimum atomic E-state index is -0.855. The van der Waals surface area contributed by atoms with Gasteiger partial charge in [-0.15, -0.1) is 0 Å². The summed E-state index contributed by atoms with van der Waals surface area (Å²) < 4.78 is 0. The van der Waals surface area contributed by atoms with Gasteiger partial charge in [-0.1, -0.05) is 25.3 Å². The van der Waals surface area contributed by atoms with Gasteiger partial charge >= 0.3 is 11.9 Å². The molecule has 0 radical (unpaired) electrons. The molecule has 0 saturated carbocycles. The maximum Gasteiger partial charge on any atom is 0.303 e. The molecule has 8 bridgehead atoms. The molecule has 0 fully saturated rings. The predicted octanol–water partition coefficient (Wildman–Crippen LogP) is 3.57. The molecule has 6 N–H and O–H groups in total. The summed E-state index contributed by atoms with van der Waals surface area (Å²) >= 11 is 0. The molecule has 1 aliphatic rings. The van der Waals surface area contributed by atoms with E-state index < -0.39 is 11.9 Å². The average molecular weight is 579 g/mol. The highest BCUT2D eigenvalue weighted by molar-refractivity contribution is 5.72. The molecule has 0 atom stereocenters. The Morgan fingerprint density at radius 1 is 0.605 bits per heavy atom. The molecule has 0 aliphatic carbocycles. The van der Waals surface area contributed by atoms with Crippen molar-refractivity contribution >= 4 is 48.4 Å². The van der Waals surface area contributed by atoms with E-state index in [0.29, 0.717) is 19.3 Å². The lowest BCUT2D eigenvalue weighted by Crippen LogP contribution is -2.13. The number of fused-ring (bicyclic) bond motifs is 8. The van der Waals surface area contributed by atoms with Crippen molar-refractivity contribution in [3.8, 4) is 0 Å². The van der Waals surface area contributed by atoms with E-state index in [1.807, 2.05) is 32.1 Å². The third-order valence-corrected chi connectivity index (χ3v) is 8.61. The van der Waals surface area contributed by atoms with Crippen molar-refractivity contribution in [1.82, 2.24) is 19.9 Å². The number of aromatic amines is 4. The Morgan fingerprint density at radius 2 is 1.16 bits per heavy atom. The number of carbonyl (C=O) groups is 2. The van der Waals surface area contributed by atoms with E-state index in [2.05, 4.69) is 65.2 Å². The molecule has 8 heteroatoms. The predicted molar refractivity (Wildman–Crippen MR) is 172 cm³/mol. The van der Waals surface area contributed by atoms with Crippen LogP contribution in [0.2, 0.25) is 0 Å². The van der Waals surface area contributed by atoms with Gasteiger partial charge in [0.05, 0.1) is 0 Å². The number of carboxylic acid groups (broad SMARTS) is 2. The van der Waals surface area contributed by atoms with Crippen molar-refractivity contribution in [3.05, 3.63) is 102 Å². The van der Waals surface area contributed by atoms with Crippen LogP contribution in [-0.4, -0.2) is 42.1 Å². The minimum absolute atomic E-state index is 0.00703. The first-order valence-electron chi connectivity index (χ1n) is 14.5. The number of aromatic nitrogens is 4. The van der Waals surface area contributed by atoms with Crippen LogP contribution in [0.25, 0.3) is 36.5 Å². The average Bonchev–Trinajstić information content (AvgIpc) is 3.61. The fourth-order valence-electron chi connectivity index (χ4n) is 6.11. The SMILES string of the molecule is C=Cc1c2[nH]c(c1C)C=c1[nH]c(c(C)c1C=C)=Cc1[nH]c(c(CCC(=O)O)c1C)C=c1[nH]c(c(C)c1CCCC(=O)O)=C2. The summed E-state index contributed by atoms with van der Waals surface area (Å²) in [5.74, 6) is -1.68. The van der Waals surface area contributed by atoms with Crippen LogP contribution in [-0.2, 0) is 22.4 Å². The molecule has 8 nitrogen and oxygen atoms in total. The Kier molecular flexibility index (Phi) is 8.04. The number of hydrogen-bond acceptors (Lipinski definition) is 2. The van der Waals surface area contributed by atoms with E-state index in [9.17, 15) is 19.8 Å². The molecule has 43 heavy (non-hydrogen) atoms. The Labute approximate surface area is 249 Å². The van der Waals surface area contributed by atoms with Gasteiger partial charge in [-0.25, -0.2) is 0 Å². The Bertz CT molecular complexity index is 2040. The van der Waals surface area contributed by atoms with Gasteiger partial charge in [0, 0.05) is 68.1 Å². The first kappa shape index (κ1) is 29.5. The lowest BCUT2D eigenvalue weighted by atomic mass is 10.0. The summed E-state index contributed by atoms with van der Waals surface area (Å²) in [7, 11) is 0. The topological polar surface area (TPSA) is 138 Å². The van der Waals surface area contributed by atoms with Gasteiger partial charge in [0.1, 0.15) is 0 Å². The molecule has 0 unspecified atom stereocenters. The molecule has 5 rings (SSSR count). The van der Waals surface area contributed by atoms with Crippen LogP contribution in [0.15, 0.2) is 13.2 Å². The maximum absolute atomic E-state index is 11.6. The van der Waals surface area contributed by atoms with Gasteiger partial charge < -0.3 is 30.1 Å². The van der Waals surface area contributed by atoms with E-state index in [4.69, 9.17) is 0 Å². The van der Waals surface area contributed by atoms with Gasteiger partial charge in [0.15, 0.2) is 0 Å². The monoisotopic (exact) mass is 578 g/mol. The molecule has 222 valence electrons. The molecule has 0 amide bonds. The number of nitrogens with one attached hydrogen (secondary N) is 4. The summed E-state index contributed by atoms with van der Waals surface area (Å²) in [6.07, 6.45) is 13.5. The quantitative estimate of drug-likeness (QED) is 0.159. The van der Waals surface area contributed by atoms with Crippen LogP contribution >= 0.6 is 0 Å². The second-order valence-electron chi connectivity index (χ2n) is 11.2. The van der Waals surface area contributed by atoms with E-state index in [1.54, 1.807) is 0 Å². The van der Waals surface area contributed by atoms with E-state index in [0.717, 1.165) is 88.7 Å². The second kappa shape index (κ2) is 11.7. The smallest absolute Gasteiger partial charge is 0.303 e. The molecule has 4 aromatic rings. The molecule has 0 spiro atoms. The highest BCUT2D eigenvalue weighted by atomic mass is 16.4. The first-order chi connectivity index (χ1) is 20.5. The molecule has 4 aromatic heterocycles. The lowest BCUT2D eigenvalue weighted by Gasteiger charge is -2.02. The van der Waals surface area contributed by atoms with Crippen molar-refractivity contribution in [1.29, 1.82) is 0 Å². The number of rotatable bonds is 9. The molecule has 1 aliphatic heterocycles. The Hall–Kier alpha value is -4.98.